The molecule has 3 N–H and O–H groups in total. The van der Waals surface area contributed by atoms with Gasteiger partial charge in [-0.15, -0.1) is 0 Å². The highest BCUT2D eigenvalue weighted by atomic mass is 16.4. The van der Waals surface area contributed by atoms with Gasteiger partial charge in [-0.05, 0) is 30.7 Å². The molecule has 5 nitrogen and oxygen atoms in total. The van der Waals surface area contributed by atoms with E-state index < -0.39 is 5.63 Å². The Morgan fingerprint density at radius 1 is 1.35 bits per heavy atom. The number of hydrogen-bond acceptors (Lipinski definition) is 4. The van der Waals surface area contributed by atoms with Gasteiger partial charge in [-0.2, -0.15) is 0 Å². The number of rotatable bonds is 1. The number of hydrogen-bond donors (Lipinski definition) is 2. The van der Waals surface area contributed by atoms with Gasteiger partial charge in [0, 0.05) is 12.3 Å². The lowest BCUT2D eigenvalue weighted by Gasteiger charge is -2.05. The third-order valence-corrected chi connectivity index (χ3v) is 2.32. The van der Waals surface area contributed by atoms with Gasteiger partial charge in [-0.1, -0.05) is 0 Å². The first-order chi connectivity index (χ1) is 7.97. The summed E-state index contributed by atoms with van der Waals surface area (Å²) in [7, 11) is 0. The Labute approximate surface area is 97.2 Å². The van der Waals surface area contributed by atoms with Crippen molar-refractivity contribution in [2.24, 2.45) is 0 Å². The molecule has 0 saturated carbocycles. The van der Waals surface area contributed by atoms with E-state index in [0.29, 0.717) is 16.7 Å². The molecule has 2 aromatic rings. The largest absolute Gasteiger partial charge is 0.419 e. The predicted molar refractivity (Wildman–Crippen MR) is 65.9 cm³/mol. The second-order valence-electron chi connectivity index (χ2n) is 3.90. The summed E-state index contributed by atoms with van der Waals surface area (Å²) in [6.07, 6.45) is 0. The van der Waals surface area contributed by atoms with Crippen LogP contribution in [0.15, 0.2) is 27.4 Å². The summed E-state index contributed by atoms with van der Waals surface area (Å²) in [5.41, 5.74) is 6.98. The number of nitrogens with one attached hydrogen (secondary N) is 1. The summed E-state index contributed by atoms with van der Waals surface area (Å²) in [6, 6.07) is 5.12. The highest BCUT2D eigenvalue weighted by Crippen LogP contribution is 2.23. The van der Waals surface area contributed by atoms with E-state index in [2.05, 4.69) is 5.32 Å². The maximum Gasteiger partial charge on any atom is 0.360 e. The zero-order chi connectivity index (χ0) is 12.6. The Kier molecular flexibility index (Phi) is 2.59. The van der Waals surface area contributed by atoms with E-state index in [1.807, 2.05) is 13.0 Å². The van der Waals surface area contributed by atoms with E-state index in [1.54, 1.807) is 12.1 Å². The van der Waals surface area contributed by atoms with Gasteiger partial charge in [-0.25, -0.2) is 4.79 Å². The quantitative estimate of drug-likeness (QED) is 0.578. The van der Waals surface area contributed by atoms with E-state index >= 15 is 0 Å². The fourth-order valence-electron chi connectivity index (χ4n) is 1.69. The number of anilines is 2. The molecule has 0 unspecified atom stereocenters. The van der Waals surface area contributed by atoms with Crippen molar-refractivity contribution in [2.45, 2.75) is 13.8 Å². The van der Waals surface area contributed by atoms with Gasteiger partial charge in [0.05, 0.1) is 5.69 Å². The van der Waals surface area contributed by atoms with Crippen LogP contribution in [0.2, 0.25) is 0 Å². The molecule has 0 saturated heterocycles. The monoisotopic (exact) mass is 232 g/mol. The van der Waals surface area contributed by atoms with Gasteiger partial charge < -0.3 is 15.5 Å². The third kappa shape index (κ3) is 2.13. The normalized spacial score (nSPS) is 10.5. The van der Waals surface area contributed by atoms with Crippen LogP contribution in [-0.2, 0) is 4.79 Å². The minimum Gasteiger partial charge on any atom is -0.419 e. The number of fused-ring (bicyclic) bond motifs is 1. The summed E-state index contributed by atoms with van der Waals surface area (Å²) >= 11 is 0. The molecule has 0 aliphatic heterocycles. The first-order valence-electron chi connectivity index (χ1n) is 5.09. The van der Waals surface area contributed by atoms with Crippen molar-refractivity contribution in [3.63, 3.8) is 0 Å². The van der Waals surface area contributed by atoms with Gasteiger partial charge in [0.2, 0.25) is 5.91 Å². The number of nitrogen functional groups attached to an aromatic ring is 1. The smallest absolute Gasteiger partial charge is 0.360 e. The molecular formula is C12H12N2O3. The van der Waals surface area contributed by atoms with Crippen LogP contribution < -0.4 is 16.7 Å². The van der Waals surface area contributed by atoms with Crippen LogP contribution in [-0.4, -0.2) is 5.91 Å². The molecule has 0 atom stereocenters. The molecule has 0 bridgehead atoms. The van der Waals surface area contributed by atoms with E-state index in [1.165, 1.54) is 6.92 Å². The first kappa shape index (κ1) is 11.2. The molecule has 0 aliphatic carbocycles. The van der Waals surface area contributed by atoms with Crippen LogP contribution >= 0.6 is 0 Å². The molecule has 5 heteroatoms. The van der Waals surface area contributed by atoms with Crippen LogP contribution in [0.1, 0.15) is 12.5 Å². The van der Waals surface area contributed by atoms with E-state index in [0.717, 1.165) is 5.56 Å². The van der Waals surface area contributed by atoms with Crippen molar-refractivity contribution in [1.29, 1.82) is 0 Å². The summed E-state index contributed by atoms with van der Waals surface area (Å²) in [4.78, 5) is 22.5. The Morgan fingerprint density at radius 2 is 2.06 bits per heavy atom. The predicted octanol–water partition coefficient (Wildman–Crippen LogP) is 1.64. The minimum absolute atomic E-state index is 0.120. The van der Waals surface area contributed by atoms with Gasteiger partial charge in [0.15, 0.2) is 5.58 Å². The lowest BCUT2D eigenvalue weighted by atomic mass is 10.1. The van der Waals surface area contributed by atoms with E-state index in [9.17, 15) is 9.59 Å². The van der Waals surface area contributed by atoms with Crippen LogP contribution in [0.3, 0.4) is 0 Å². The number of carbonyl (C=O) groups excluding carboxylic acids is 1. The zero-order valence-electron chi connectivity index (χ0n) is 9.53. The van der Waals surface area contributed by atoms with Crippen molar-refractivity contribution in [2.75, 3.05) is 11.1 Å². The lowest BCUT2D eigenvalue weighted by Crippen LogP contribution is -2.14. The molecule has 2 rings (SSSR count). The second-order valence-corrected chi connectivity index (χ2v) is 3.90. The fraction of sp³-hybridized carbons (Fsp3) is 0.167. The van der Waals surface area contributed by atoms with Crippen molar-refractivity contribution in [3.05, 3.63) is 34.2 Å². The Balaban J connectivity index is 2.71. The number of benzene rings is 1. The highest BCUT2D eigenvalue weighted by Gasteiger charge is 2.09. The van der Waals surface area contributed by atoms with Crippen LogP contribution in [0.4, 0.5) is 11.4 Å². The third-order valence-electron chi connectivity index (χ3n) is 2.32. The molecular weight excluding hydrogens is 220 g/mol. The zero-order valence-corrected chi connectivity index (χ0v) is 9.53. The lowest BCUT2D eigenvalue weighted by molar-refractivity contribution is -0.114. The van der Waals surface area contributed by atoms with Crippen molar-refractivity contribution >= 4 is 28.3 Å². The molecule has 0 spiro atoms. The number of aryl methyl sites for hydroxylation is 1. The maximum atomic E-state index is 11.6. The fourth-order valence-corrected chi connectivity index (χ4v) is 1.69. The Hall–Kier alpha value is -2.30. The van der Waals surface area contributed by atoms with Crippen LogP contribution in [0, 0.1) is 6.92 Å². The molecule has 1 aromatic carbocycles. The van der Waals surface area contributed by atoms with Crippen LogP contribution in [0.5, 0.6) is 0 Å². The summed E-state index contributed by atoms with van der Waals surface area (Å²) in [5.74, 6) is -0.322. The van der Waals surface area contributed by atoms with Gasteiger partial charge >= 0.3 is 5.63 Å². The number of nitrogens with two attached hydrogens (primary N) is 1. The standard InChI is InChI=1S/C12H12N2O3/c1-6-3-8-5-10(14-7(2)15)12(16)17-11(8)9(13)4-6/h3-5H,13H2,1-2H3,(H,14,15). The topological polar surface area (TPSA) is 85.3 Å². The molecule has 0 radical (unpaired) electrons. The van der Waals surface area contributed by atoms with Gasteiger partial charge in [0.1, 0.15) is 5.69 Å². The molecule has 1 amide bonds. The molecule has 1 aromatic heterocycles. The van der Waals surface area contributed by atoms with E-state index in [-0.39, 0.29) is 11.6 Å². The molecule has 0 aliphatic rings. The van der Waals surface area contributed by atoms with Gasteiger partial charge in [0.25, 0.3) is 0 Å². The summed E-state index contributed by atoms with van der Waals surface area (Å²) in [5, 5.41) is 3.10. The number of carbonyl (C=O) groups is 1. The average Bonchev–Trinajstić information content (AvgIpc) is 2.20. The second kappa shape index (κ2) is 3.93. The molecule has 88 valence electrons. The van der Waals surface area contributed by atoms with Crippen molar-refractivity contribution in [1.82, 2.24) is 0 Å². The van der Waals surface area contributed by atoms with E-state index in [4.69, 9.17) is 10.2 Å². The SMILES string of the molecule is CC(=O)Nc1cc2cc(C)cc(N)c2oc1=O. The van der Waals surface area contributed by atoms with Crippen molar-refractivity contribution in [3.8, 4) is 0 Å². The Morgan fingerprint density at radius 3 is 2.71 bits per heavy atom. The number of amides is 1. The molecule has 0 fully saturated rings. The van der Waals surface area contributed by atoms with Crippen molar-refractivity contribution < 1.29 is 9.21 Å². The maximum absolute atomic E-state index is 11.6. The molecule has 17 heavy (non-hydrogen) atoms. The average molecular weight is 232 g/mol. The minimum atomic E-state index is -0.608. The first-order valence-corrected chi connectivity index (χ1v) is 5.09. The Bertz CT molecular complexity index is 659. The summed E-state index contributed by atoms with van der Waals surface area (Å²) < 4.78 is 5.08. The van der Waals surface area contributed by atoms with Crippen LogP contribution in [0.25, 0.3) is 11.0 Å². The summed E-state index contributed by atoms with van der Waals surface area (Å²) in [6.45, 7) is 3.22. The highest BCUT2D eigenvalue weighted by molar-refractivity contribution is 5.93. The van der Waals surface area contributed by atoms with Gasteiger partial charge in [-0.3, -0.25) is 4.79 Å². The molecule has 1 heterocycles.